The van der Waals surface area contributed by atoms with E-state index in [2.05, 4.69) is 57.3 Å². The molecule has 1 N–H and O–H groups in total. The molecule has 3 rings (SSSR count). The van der Waals surface area contributed by atoms with E-state index in [0.717, 1.165) is 6.04 Å². The number of piperidine rings is 1. The fraction of sp³-hybridized carbons (Fsp3) is 0.625. The van der Waals surface area contributed by atoms with E-state index in [1.54, 1.807) is 0 Å². The zero-order valence-corrected chi connectivity index (χ0v) is 13.2. The van der Waals surface area contributed by atoms with Crippen LogP contribution in [0.25, 0.3) is 0 Å². The molecule has 3 atom stereocenters. The van der Waals surface area contributed by atoms with Crippen molar-refractivity contribution in [3.63, 3.8) is 0 Å². The van der Waals surface area contributed by atoms with Crippen LogP contribution < -0.4 is 5.32 Å². The summed E-state index contributed by atoms with van der Waals surface area (Å²) in [5.74, 6) is 0. The van der Waals surface area contributed by atoms with Gasteiger partial charge in [0.15, 0.2) is 0 Å². The van der Waals surface area contributed by atoms with Crippen LogP contribution in [0, 0.1) is 0 Å². The average Bonchev–Trinajstić information content (AvgIpc) is 2.82. The number of nitrogens with zero attached hydrogens (tertiary/aromatic N) is 1. The minimum absolute atomic E-state index is 0.435. The largest absolute Gasteiger partial charge is 0.306 e. The summed E-state index contributed by atoms with van der Waals surface area (Å²) in [6.45, 7) is 4.88. The number of halogens is 1. The number of hydrogen-bond donors (Lipinski definition) is 1. The highest BCUT2D eigenvalue weighted by Gasteiger charge is 2.35. The van der Waals surface area contributed by atoms with Crippen molar-refractivity contribution < 1.29 is 0 Å². The van der Waals surface area contributed by atoms with Crippen LogP contribution in [0.2, 0.25) is 0 Å². The predicted octanol–water partition coefficient (Wildman–Crippen LogP) is 3.73. The molecule has 2 aliphatic rings. The maximum atomic E-state index is 3.86. The van der Waals surface area contributed by atoms with Gasteiger partial charge in [0.1, 0.15) is 0 Å². The lowest BCUT2D eigenvalue weighted by molar-refractivity contribution is 0.177. The smallest absolute Gasteiger partial charge is 0.0295 e. The molecule has 2 heterocycles. The first-order valence-electron chi connectivity index (χ1n) is 7.49. The first kappa shape index (κ1) is 13.6. The van der Waals surface area contributed by atoms with E-state index in [4.69, 9.17) is 0 Å². The molecule has 2 unspecified atom stereocenters. The lowest BCUT2D eigenvalue weighted by atomic mass is 9.97. The van der Waals surface area contributed by atoms with Gasteiger partial charge in [0.05, 0.1) is 0 Å². The summed E-state index contributed by atoms with van der Waals surface area (Å²) in [5.41, 5.74) is 1.38. The average molecular weight is 323 g/mol. The summed E-state index contributed by atoms with van der Waals surface area (Å²) in [6, 6.07) is 10.6. The summed E-state index contributed by atoms with van der Waals surface area (Å²) >= 11 is 3.56. The third-order valence-corrected chi connectivity index (χ3v) is 5.16. The molecule has 2 nitrogen and oxygen atoms in total. The minimum Gasteiger partial charge on any atom is -0.306 e. The van der Waals surface area contributed by atoms with Crippen molar-refractivity contribution in [1.29, 1.82) is 0 Å². The van der Waals surface area contributed by atoms with Gasteiger partial charge in [0.25, 0.3) is 0 Å². The Morgan fingerprint density at radius 1 is 1.26 bits per heavy atom. The van der Waals surface area contributed by atoms with Gasteiger partial charge >= 0.3 is 0 Å². The van der Waals surface area contributed by atoms with Crippen LogP contribution in [-0.2, 0) is 0 Å². The molecular formula is C16H23BrN2. The highest BCUT2D eigenvalue weighted by atomic mass is 79.9. The third kappa shape index (κ3) is 3.04. The van der Waals surface area contributed by atoms with E-state index in [1.165, 1.54) is 48.8 Å². The normalized spacial score (nSPS) is 29.2. The monoisotopic (exact) mass is 322 g/mol. The van der Waals surface area contributed by atoms with E-state index < -0.39 is 0 Å². The van der Waals surface area contributed by atoms with Crippen molar-refractivity contribution in [1.82, 2.24) is 10.2 Å². The lowest BCUT2D eigenvalue weighted by Gasteiger charge is -2.34. The Morgan fingerprint density at radius 3 is 3.00 bits per heavy atom. The van der Waals surface area contributed by atoms with Crippen LogP contribution in [0.15, 0.2) is 28.7 Å². The second-order valence-corrected chi connectivity index (χ2v) is 6.85. The molecule has 0 bridgehead atoms. The lowest BCUT2D eigenvalue weighted by Crippen LogP contribution is -2.45. The molecule has 19 heavy (non-hydrogen) atoms. The van der Waals surface area contributed by atoms with Gasteiger partial charge in [-0.15, -0.1) is 0 Å². The topological polar surface area (TPSA) is 15.3 Å². The van der Waals surface area contributed by atoms with E-state index in [1.807, 2.05) is 0 Å². The highest BCUT2D eigenvalue weighted by molar-refractivity contribution is 9.10. The number of fused-ring (bicyclic) bond motifs is 1. The Labute approximate surface area is 124 Å². The third-order valence-electron chi connectivity index (χ3n) is 4.67. The van der Waals surface area contributed by atoms with Gasteiger partial charge in [0.2, 0.25) is 0 Å². The predicted molar refractivity (Wildman–Crippen MR) is 83.3 cm³/mol. The molecule has 3 heteroatoms. The van der Waals surface area contributed by atoms with Crippen molar-refractivity contribution in [2.45, 2.75) is 50.7 Å². The van der Waals surface area contributed by atoms with Gasteiger partial charge in [-0.25, -0.2) is 0 Å². The number of nitrogens with one attached hydrogen (secondary N) is 1. The summed E-state index contributed by atoms with van der Waals surface area (Å²) < 4.78 is 1.17. The Hall–Kier alpha value is -0.380. The van der Waals surface area contributed by atoms with Crippen LogP contribution in [-0.4, -0.2) is 30.1 Å². The molecule has 0 aromatic heterocycles. The van der Waals surface area contributed by atoms with Crippen molar-refractivity contribution >= 4 is 15.9 Å². The molecule has 2 saturated heterocycles. The standard InChI is InChI=1S/C16H23BrN2/c1-12(13-5-4-6-14(17)11-13)18-15-8-10-19-9-3-2-7-16(15)19/h4-6,11-12,15-16,18H,2-3,7-10H2,1H3/t12-,15?,16?/m0/s1. The summed E-state index contributed by atoms with van der Waals surface area (Å²) in [6.07, 6.45) is 5.49. The highest BCUT2D eigenvalue weighted by Crippen LogP contribution is 2.29. The first-order chi connectivity index (χ1) is 9.24. The molecule has 104 valence electrons. The zero-order chi connectivity index (χ0) is 13.2. The molecule has 1 aromatic carbocycles. The van der Waals surface area contributed by atoms with Crippen molar-refractivity contribution in [2.24, 2.45) is 0 Å². The molecule has 0 amide bonds. The van der Waals surface area contributed by atoms with Gasteiger partial charge in [-0.05, 0) is 50.4 Å². The quantitative estimate of drug-likeness (QED) is 0.912. The second kappa shape index (κ2) is 5.94. The Bertz CT molecular complexity index is 435. The van der Waals surface area contributed by atoms with Crippen LogP contribution in [0.3, 0.4) is 0 Å². The fourth-order valence-corrected chi connectivity index (χ4v) is 4.05. The molecule has 0 radical (unpaired) electrons. The number of rotatable bonds is 3. The molecule has 2 aliphatic heterocycles. The zero-order valence-electron chi connectivity index (χ0n) is 11.6. The summed E-state index contributed by atoms with van der Waals surface area (Å²) in [4.78, 5) is 2.69. The maximum Gasteiger partial charge on any atom is 0.0295 e. The molecule has 1 aromatic rings. The SMILES string of the molecule is C[C@H](NC1CCN2CCCCC12)c1cccc(Br)c1. The molecular weight excluding hydrogens is 300 g/mol. The summed E-state index contributed by atoms with van der Waals surface area (Å²) in [7, 11) is 0. The van der Waals surface area contributed by atoms with E-state index in [-0.39, 0.29) is 0 Å². The van der Waals surface area contributed by atoms with E-state index in [9.17, 15) is 0 Å². The molecule has 2 fully saturated rings. The number of hydrogen-bond acceptors (Lipinski definition) is 2. The number of benzene rings is 1. The van der Waals surface area contributed by atoms with Crippen molar-refractivity contribution in [3.8, 4) is 0 Å². The van der Waals surface area contributed by atoms with E-state index >= 15 is 0 Å². The Morgan fingerprint density at radius 2 is 2.16 bits per heavy atom. The van der Waals surface area contributed by atoms with Gasteiger partial charge in [-0.2, -0.15) is 0 Å². The Kier molecular flexibility index (Phi) is 4.25. The van der Waals surface area contributed by atoms with Crippen LogP contribution in [0.1, 0.15) is 44.2 Å². The summed E-state index contributed by atoms with van der Waals surface area (Å²) in [5, 5.41) is 3.86. The second-order valence-electron chi connectivity index (χ2n) is 5.94. The van der Waals surface area contributed by atoms with Crippen LogP contribution in [0.5, 0.6) is 0 Å². The Balaban J connectivity index is 1.65. The van der Waals surface area contributed by atoms with Crippen LogP contribution in [0.4, 0.5) is 0 Å². The van der Waals surface area contributed by atoms with Gasteiger partial charge in [-0.1, -0.05) is 34.5 Å². The van der Waals surface area contributed by atoms with Crippen LogP contribution >= 0.6 is 15.9 Å². The van der Waals surface area contributed by atoms with E-state index in [0.29, 0.717) is 12.1 Å². The minimum atomic E-state index is 0.435. The van der Waals surface area contributed by atoms with Gasteiger partial charge in [-0.3, -0.25) is 4.90 Å². The molecule has 0 saturated carbocycles. The molecule has 0 aliphatic carbocycles. The van der Waals surface area contributed by atoms with Gasteiger partial charge < -0.3 is 5.32 Å². The van der Waals surface area contributed by atoms with Crippen molar-refractivity contribution in [2.75, 3.05) is 13.1 Å². The fourth-order valence-electron chi connectivity index (χ4n) is 3.64. The molecule has 0 spiro atoms. The maximum absolute atomic E-state index is 3.86. The van der Waals surface area contributed by atoms with Gasteiger partial charge in [0, 0.05) is 29.1 Å². The first-order valence-corrected chi connectivity index (χ1v) is 8.29. The van der Waals surface area contributed by atoms with Crippen molar-refractivity contribution in [3.05, 3.63) is 34.3 Å².